The van der Waals surface area contributed by atoms with Crippen molar-refractivity contribution < 1.29 is 9.53 Å². The van der Waals surface area contributed by atoms with Crippen molar-refractivity contribution in [2.24, 2.45) is 5.92 Å². The third-order valence-corrected chi connectivity index (χ3v) is 5.23. The number of nitrogens with zero attached hydrogens (tertiary/aromatic N) is 2. The van der Waals surface area contributed by atoms with Crippen LogP contribution in [0.4, 0.5) is 4.79 Å². The number of nitrogens with one attached hydrogen (secondary N) is 2. The first-order valence-electron chi connectivity index (χ1n) is 9.04. The first-order valence-corrected chi connectivity index (χ1v) is 9.04. The number of urea groups is 1. The number of benzene rings is 1. The van der Waals surface area contributed by atoms with Gasteiger partial charge in [0, 0.05) is 37.5 Å². The summed E-state index contributed by atoms with van der Waals surface area (Å²) in [4.78, 5) is 12.3. The quantitative estimate of drug-likeness (QED) is 0.899. The summed E-state index contributed by atoms with van der Waals surface area (Å²) in [6, 6.07) is 10.1. The summed E-state index contributed by atoms with van der Waals surface area (Å²) in [6.45, 7) is 1.33. The van der Waals surface area contributed by atoms with E-state index in [2.05, 4.69) is 15.7 Å². The van der Waals surface area contributed by atoms with Crippen LogP contribution < -0.4 is 10.6 Å². The number of hydrogen-bond donors (Lipinski definition) is 2. The van der Waals surface area contributed by atoms with E-state index in [4.69, 9.17) is 4.74 Å². The van der Waals surface area contributed by atoms with Crippen LogP contribution in [-0.4, -0.2) is 34.6 Å². The number of amides is 2. The molecular weight excluding hydrogens is 316 g/mol. The summed E-state index contributed by atoms with van der Waals surface area (Å²) in [6.07, 6.45) is 8.35. The third-order valence-electron chi connectivity index (χ3n) is 5.23. The maximum absolute atomic E-state index is 12.3. The third kappa shape index (κ3) is 3.69. The molecule has 0 unspecified atom stereocenters. The maximum Gasteiger partial charge on any atom is 0.315 e. The van der Waals surface area contributed by atoms with E-state index >= 15 is 0 Å². The van der Waals surface area contributed by atoms with Crippen LogP contribution in [0.1, 0.15) is 31.2 Å². The Balaban J connectivity index is 1.32. The van der Waals surface area contributed by atoms with Crippen molar-refractivity contribution in [3.63, 3.8) is 0 Å². The Morgan fingerprint density at radius 1 is 1.28 bits per heavy atom. The van der Waals surface area contributed by atoms with Crippen LogP contribution in [0.2, 0.25) is 0 Å². The van der Waals surface area contributed by atoms with E-state index in [9.17, 15) is 4.79 Å². The molecule has 0 bridgehead atoms. The molecule has 4 rings (SSSR count). The van der Waals surface area contributed by atoms with Crippen LogP contribution in [0.3, 0.4) is 0 Å². The van der Waals surface area contributed by atoms with Crippen LogP contribution in [0.5, 0.6) is 0 Å². The second-order valence-corrected chi connectivity index (χ2v) is 6.85. The summed E-state index contributed by atoms with van der Waals surface area (Å²) in [7, 11) is 0. The molecule has 2 N–H and O–H groups in total. The second-order valence-electron chi connectivity index (χ2n) is 6.85. The Kier molecular flexibility index (Phi) is 4.70. The van der Waals surface area contributed by atoms with Crippen molar-refractivity contribution in [2.45, 2.75) is 44.4 Å². The van der Waals surface area contributed by atoms with Crippen molar-refractivity contribution in [3.8, 4) is 5.69 Å². The van der Waals surface area contributed by atoms with Crippen LogP contribution in [0.15, 0.2) is 42.7 Å². The lowest BCUT2D eigenvalue weighted by Gasteiger charge is -2.33. The molecule has 1 aromatic carbocycles. The summed E-state index contributed by atoms with van der Waals surface area (Å²) >= 11 is 0. The van der Waals surface area contributed by atoms with Gasteiger partial charge >= 0.3 is 6.03 Å². The van der Waals surface area contributed by atoms with Gasteiger partial charge in [-0.15, -0.1) is 0 Å². The predicted molar refractivity (Wildman–Crippen MR) is 94.4 cm³/mol. The fourth-order valence-corrected chi connectivity index (χ4v) is 3.99. The van der Waals surface area contributed by atoms with Gasteiger partial charge in [-0.3, -0.25) is 0 Å². The number of hydrogen-bond acceptors (Lipinski definition) is 3. The number of fused-ring (bicyclic) bond motifs is 1. The highest BCUT2D eigenvalue weighted by Gasteiger charge is 2.38. The average Bonchev–Trinajstić information content (AvgIpc) is 3.32. The maximum atomic E-state index is 12.3. The van der Waals surface area contributed by atoms with Gasteiger partial charge in [-0.1, -0.05) is 12.1 Å². The van der Waals surface area contributed by atoms with Gasteiger partial charge in [0.2, 0.25) is 0 Å². The summed E-state index contributed by atoms with van der Waals surface area (Å²) in [5.74, 6) is 0.475. The van der Waals surface area contributed by atoms with Crippen LogP contribution in [0.25, 0.3) is 5.69 Å². The van der Waals surface area contributed by atoms with Crippen LogP contribution in [-0.2, 0) is 11.3 Å². The lowest BCUT2D eigenvalue weighted by Crippen LogP contribution is -2.49. The van der Waals surface area contributed by atoms with Gasteiger partial charge in [0.15, 0.2) is 0 Å². The molecule has 6 heteroatoms. The second kappa shape index (κ2) is 7.27. The lowest BCUT2D eigenvalue weighted by molar-refractivity contribution is 0.0549. The molecule has 132 valence electrons. The number of aromatic nitrogens is 2. The Labute approximate surface area is 147 Å². The minimum absolute atomic E-state index is 0.0953. The highest BCUT2D eigenvalue weighted by atomic mass is 16.5. The number of carbonyl (C=O) groups excluding carboxylic acids is 1. The van der Waals surface area contributed by atoms with Crippen molar-refractivity contribution in [2.75, 3.05) is 6.61 Å². The molecule has 0 radical (unpaired) electrons. The SMILES string of the molecule is O=C(NCc1cccc(-n2cccn2)c1)N[C@@H]1CCC[C@H]2OCC[C@H]12. The number of carbonyl (C=O) groups is 1. The van der Waals surface area contributed by atoms with Crippen molar-refractivity contribution in [1.82, 2.24) is 20.4 Å². The summed E-state index contributed by atoms with van der Waals surface area (Å²) < 4.78 is 7.58. The van der Waals surface area contributed by atoms with E-state index in [1.54, 1.807) is 6.20 Å². The van der Waals surface area contributed by atoms with E-state index in [1.807, 2.05) is 41.2 Å². The van der Waals surface area contributed by atoms with Crippen molar-refractivity contribution >= 4 is 6.03 Å². The van der Waals surface area contributed by atoms with E-state index in [0.29, 0.717) is 18.6 Å². The molecule has 1 saturated carbocycles. The Morgan fingerprint density at radius 2 is 2.24 bits per heavy atom. The first-order chi connectivity index (χ1) is 12.3. The topological polar surface area (TPSA) is 68.2 Å². The molecule has 3 atom stereocenters. The number of rotatable bonds is 4. The summed E-state index contributed by atoms with van der Waals surface area (Å²) in [5, 5.41) is 10.4. The van der Waals surface area contributed by atoms with Gasteiger partial charge in [0.25, 0.3) is 0 Å². The minimum atomic E-state index is -0.0953. The molecule has 2 amide bonds. The van der Waals surface area contributed by atoms with Gasteiger partial charge in [-0.05, 0) is 49.4 Å². The monoisotopic (exact) mass is 340 g/mol. The molecule has 1 aromatic heterocycles. The largest absolute Gasteiger partial charge is 0.378 e. The van der Waals surface area contributed by atoms with Crippen LogP contribution in [0, 0.1) is 5.92 Å². The zero-order chi connectivity index (χ0) is 17.1. The van der Waals surface area contributed by atoms with E-state index in [0.717, 1.165) is 43.5 Å². The standard InChI is InChI=1S/C19H24N4O2/c24-19(22-17-6-2-7-18-16(17)8-11-25-18)20-13-14-4-1-5-15(12-14)23-10-3-9-21-23/h1,3-5,9-10,12,16-18H,2,6-8,11,13H2,(H2,20,22,24)/t16-,17-,18-/m1/s1. The Morgan fingerprint density at radius 3 is 3.12 bits per heavy atom. The zero-order valence-corrected chi connectivity index (χ0v) is 14.2. The predicted octanol–water partition coefficient (Wildman–Crippen LogP) is 2.63. The molecule has 2 aromatic rings. The molecule has 2 heterocycles. The normalized spacial score (nSPS) is 25.4. The molecule has 1 aliphatic heterocycles. The average molecular weight is 340 g/mol. The van der Waals surface area contributed by atoms with Gasteiger partial charge in [-0.2, -0.15) is 5.10 Å². The molecular formula is C19H24N4O2. The van der Waals surface area contributed by atoms with E-state index in [-0.39, 0.29) is 12.1 Å². The fourth-order valence-electron chi connectivity index (χ4n) is 3.99. The molecule has 2 aliphatic rings. The Bertz CT molecular complexity index is 716. The van der Waals surface area contributed by atoms with Crippen molar-refractivity contribution in [1.29, 1.82) is 0 Å². The molecule has 1 aliphatic carbocycles. The minimum Gasteiger partial charge on any atom is -0.378 e. The van der Waals surface area contributed by atoms with Gasteiger partial charge in [-0.25, -0.2) is 9.48 Å². The zero-order valence-electron chi connectivity index (χ0n) is 14.2. The smallest absolute Gasteiger partial charge is 0.315 e. The highest BCUT2D eigenvalue weighted by Crippen LogP contribution is 2.34. The Hall–Kier alpha value is -2.34. The van der Waals surface area contributed by atoms with Crippen LogP contribution >= 0.6 is 0 Å². The van der Waals surface area contributed by atoms with E-state index in [1.165, 1.54) is 0 Å². The lowest BCUT2D eigenvalue weighted by atomic mass is 9.82. The molecule has 2 fully saturated rings. The van der Waals surface area contributed by atoms with Crippen molar-refractivity contribution in [3.05, 3.63) is 48.3 Å². The molecule has 1 saturated heterocycles. The summed E-state index contributed by atoms with van der Waals surface area (Å²) in [5.41, 5.74) is 2.04. The van der Waals surface area contributed by atoms with Gasteiger partial charge in [0.05, 0.1) is 11.8 Å². The first kappa shape index (κ1) is 16.1. The molecule has 0 spiro atoms. The number of ether oxygens (including phenoxy) is 1. The fraction of sp³-hybridized carbons (Fsp3) is 0.474. The highest BCUT2D eigenvalue weighted by molar-refractivity contribution is 5.74. The van der Waals surface area contributed by atoms with Gasteiger partial charge in [0.1, 0.15) is 0 Å². The van der Waals surface area contributed by atoms with E-state index < -0.39 is 0 Å². The van der Waals surface area contributed by atoms with Gasteiger partial charge < -0.3 is 15.4 Å². The molecule has 6 nitrogen and oxygen atoms in total. The molecule has 25 heavy (non-hydrogen) atoms.